The summed E-state index contributed by atoms with van der Waals surface area (Å²) in [5.74, 6) is 0. The van der Waals surface area contributed by atoms with Gasteiger partial charge in [0.15, 0.2) is 0 Å². The van der Waals surface area contributed by atoms with E-state index in [-0.39, 0.29) is 20.1 Å². The second kappa shape index (κ2) is 12.1. The minimum Gasteiger partial charge on any atom is -0.501 e. The first-order chi connectivity index (χ1) is 21.2. The molecule has 0 saturated carbocycles. The summed E-state index contributed by atoms with van der Waals surface area (Å²) in [4.78, 5) is 9.04. The molecule has 0 aliphatic carbocycles. The second-order valence-corrected chi connectivity index (χ2v) is 22.3. The van der Waals surface area contributed by atoms with Gasteiger partial charge in [0.1, 0.15) is 13.7 Å². The number of hydrogen-bond donors (Lipinski definition) is 0. The predicted molar refractivity (Wildman–Crippen MR) is 189 cm³/mol. The van der Waals surface area contributed by atoms with Crippen molar-refractivity contribution in [3.8, 4) is 33.6 Å². The van der Waals surface area contributed by atoms with Crippen molar-refractivity contribution in [2.24, 2.45) is 0 Å². The molecule has 0 N–H and O–H groups in total. The van der Waals surface area contributed by atoms with Crippen LogP contribution in [0.3, 0.4) is 0 Å². The van der Waals surface area contributed by atoms with Gasteiger partial charge in [0.05, 0.1) is 13.7 Å². The van der Waals surface area contributed by atoms with Gasteiger partial charge in [0.25, 0.3) is 0 Å². The van der Waals surface area contributed by atoms with Gasteiger partial charge >= 0.3 is 0 Å². The second-order valence-electron chi connectivity index (χ2n) is 12.9. The number of aromatic nitrogens is 2. The Hall–Kier alpha value is -3.94. The Bertz CT molecular complexity index is 2120. The molecule has 6 heteroatoms. The van der Waals surface area contributed by atoms with Crippen LogP contribution in [0, 0.1) is 12.1 Å². The summed E-state index contributed by atoms with van der Waals surface area (Å²) in [5.41, 5.74) is 8.51. The molecule has 1 aliphatic rings. The number of fused-ring (bicyclic) bond motifs is 7. The fourth-order valence-electron chi connectivity index (χ4n) is 6.30. The van der Waals surface area contributed by atoms with Crippen LogP contribution in [0.25, 0.3) is 55.6 Å². The van der Waals surface area contributed by atoms with Crippen molar-refractivity contribution in [1.29, 1.82) is 0 Å². The van der Waals surface area contributed by atoms with Crippen LogP contribution in [0.5, 0.6) is 0 Å². The monoisotopic (exact) mass is 795 g/mol. The molecule has 4 aromatic carbocycles. The van der Waals surface area contributed by atoms with Crippen molar-refractivity contribution < 1.29 is 24.5 Å². The minimum atomic E-state index is -1.83. The molecule has 0 atom stereocenters. The number of benzene rings is 4. The van der Waals surface area contributed by atoms with Crippen molar-refractivity contribution in [3.63, 3.8) is 0 Å². The molecule has 0 fully saturated rings. The first-order valence-electron chi connectivity index (χ1n) is 15.1. The van der Waals surface area contributed by atoms with Gasteiger partial charge in [-0.3, -0.25) is 0 Å². The van der Waals surface area contributed by atoms with E-state index in [1.165, 1.54) is 32.1 Å². The third-order valence-corrected chi connectivity index (χ3v) is 14.2. The van der Waals surface area contributed by atoms with Crippen molar-refractivity contribution in [3.05, 3.63) is 128 Å². The molecule has 8 rings (SSSR count). The molecule has 0 saturated heterocycles. The van der Waals surface area contributed by atoms with E-state index < -0.39 is 16.1 Å². The minimum absolute atomic E-state index is 0. The summed E-state index contributed by atoms with van der Waals surface area (Å²) in [5, 5.41) is 6.63. The van der Waals surface area contributed by atoms with Crippen LogP contribution in [0.1, 0.15) is 0 Å². The normalized spacial score (nSPS) is 13.0. The van der Waals surface area contributed by atoms with Crippen molar-refractivity contribution in [2.75, 3.05) is 0 Å². The molecule has 1 radical (unpaired) electrons. The molecular formula is C39H34IrN2OSi2-2. The molecule has 45 heavy (non-hydrogen) atoms. The Morgan fingerprint density at radius 1 is 0.667 bits per heavy atom. The number of hydrogen-bond acceptors (Lipinski definition) is 3. The zero-order valence-electron chi connectivity index (χ0n) is 26.1. The van der Waals surface area contributed by atoms with Gasteiger partial charge in [-0.15, -0.1) is 54.1 Å². The average molecular weight is 795 g/mol. The Labute approximate surface area is 280 Å². The molecule has 0 spiro atoms. The summed E-state index contributed by atoms with van der Waals surface area (Å²) in [6, 6.07) is 42.1. The van der Waals surface area contributed by atoms with Gasteiger partial charge in [-0.1, -0.05) is 104 Å². The summed E-state index contributed by atoms with van der Waals surface area (Å²) < 4.78 is 6.61. The Balaban J connectivity index is 0.000000181. The van der Waals surface area contributed by atoms with E-state index in [9.17, 15) is 0 Å². The smallest absolute Gasteiger partial charge is 0.121 e. The fraction of sp³-hybridized carbons (Fsp3) is 0.128. The van der Waals surface area contributed by atoms with Crippen LogP contribution in [-0.4, -0.2) is 26.1 Å². The summed E-state index contributed by atoms with van der Waals surface area (Å²) >= 11 is 0. The van der Waals surface area contributed by atoms with Crippen molar-refractivity contribution in [1.82, 2.24) is 9.97 Å². The van der Waals surface area contributed by atoms with E-state index in [0.717, 1.165) is 39.1 Å². The van der Waals surface area contributed by atoms with E-state index >= 15 is 0 Å². The SMILES string of the molecule is C[Si](C)(C)c1ccc(-c2[c-]cccc2)nc1.C[Si]1(C)c2ccccc2-c2ccc3c(oc4c(-c5ccccn5)[c-]ccc43)c21.[Ir]. The molecule has 225 valence electrons. The quantitative estimate of drug-likeness (QED) is 0.134. The maximum atomic E-state index is 6.61. The molecule has 7 aromatic rings. The summed E-state index contributed by atoms with van der Waals surface area (Å²) in [6.45, 7) is 11.8. The van der Waals surface area contributed by atoms with Crippen LogP contribution in [0.15, 0.2) is 120 Å². The molecule has 0 amide bonds. The molecule has 3 aromatic heterocycles. The predicted octanol–water partition coefficient (Wildman–Crippen LogP) is 8.34. The standard InChI is InChI=1S/C25H18NOSi.C14H16NSi.Ir/c1-28(2)22-12-4-3-8-16(22)19-14-13-18-17-9-7-10-20(21-11-5-6-15-26-21)23(17)27-24(18)25(19)28;1-16(2,3)13-9-10-14(15-11-13)12-7-5-4-6-8-12;/h3-9,11-15H,1-2H3;4-7,9-11H,1-3H3;/q2*-1;. The first-order valence-corrected chi connectivity index (χ1v) is 21.6. The van der Waals surface area contributed by atoms with Crippen LogP contribution in [-0.2, 0) is 20.1 Å². The summed E-state index contributed by atoms with van der Waals surface area (Å²) in [6.07, 6.45) is 3.83. The van der Waals surface area contributed by atoms with Crippen molar-refractivity contribution >= 4 is 53.6 Å². The van der Waals surface area contributed by atoms with Crippen LogP contribution in [0.4, 0.5) is 0 Å². The van der Waals surface area contributed by atoms with Crippen LogP contribution >= 0.6 is 0 Å². The Morgan fingerprint density at radius 3 is 2.16 bits per heavy atom. The average Bonchev–Trinajstić information content (AvgIpc) is 3.54. The number of pyridine rings is 2. The number of nitrogens with zero attached hydrogens (tertiary/aromatic N) is 2. The Kier molecular flexibility index (Phi) is 8.36. The maximum absolute atomic E-state index is 6.61. The van der Waals surface area contributed by atoms with Crippen LogP contribution in [0.2, 0.25) is 32.7 Å². The van der Waals surface area contributed by atoms with E-state index in [2.05, 4.69) is 109 Å². The molecule has 0 bridgehead atoms. The molecule has 1 aliphatic heterocycles. The molecule has 3 nitrogen and oxygen atoms in total. The van der Waals surface area contributed by atoms with Gasteiger partial charge in [-0.05, 0) is 44.1 Å². The topological polar surface area (TPSA) is 38.9 Å². The zero-order chi connectivity index (χ0) is 30.5. The van der Waals surface area contributed by atoms with Gasteiger partial charge in [-0.25, -0.2) is 0 Å². The largest absolute Gasteiger partial charge is 0.501 e. The fourth-order valence-corrected chi connectivity index (χ4v) is 10.7. The van der Waals surface area contributed by atoms with Crippen molar-refractivity contribution in [2.45, 2.75) is 32.7 Å². The summed E-state index contributed by atoms with van der Waals surface area (Å²) in [7, 11) is -3.05. The number of furan rings is 1. The van der Waals surface area contributed by atoms with Gasteiger partial charge in [-0.2, -0.15) is 0 Å². The molecule has 4 heterocycles. The van der Waals surface area contributed by atoms with Gasteiger partial charge in [0, 0.05) is 37.9 Å². The zero-order valence-corrected chi connectivity index (χ0v) is 30.5. The van der Waals surface area contributed by atoms with E-state index in [4.69, 9.17) is 4.42 Å². The van der Waals surface area contributed by atoms with E-state index in [0.29, 0.717) is 0 Å². The van der Waals surface area contributed by atoms with Gasteiger partial charge < -0.3 is 14.4 Å². The van der Waals surface area contributed by atoms with Crippen LogP contribution < -0.4 is 15.6 Å². The number of rotatable bonds is 3. The maximum Gasteiger partial charge on any atom is 0.121 e. The van der Waals surface area contributed by atoms with E-state index in [1.807, 2.05) is 60.9 Å². The molecule has 0 unspecified atom stereocenters. The first kappa shape index (κ1) is 31.1. The Morgan fingerprint density at radius 2 is 1.44 bits per heavy atom. The van der Waals surface area contributed by atoms with E-state index in [1.54, 1.807) is 0 Å². The molecular weight excluding hydrogens is 761 g/mol. The van der Waals surface area contributed by atoms with Gasteiger partial charge in [0.2, 0.25) is 0 Å². The third-order valence-electron chi connectivity index (χ3n) is 8.65. The third kappa shape index (κ3) is 5.57.